The van der Waals surface area contributed by atoms with E-state index in [0.717, 1.165) is 12.5 Å². The molecule has 0 radical (unpaired) electrons. The van der Waals surface area contributed by atoms with Crippen LogP contribution in [0.3, 0.4) is 0 Å². The van der Waals surface area contributed by atoms with Gasteiger partial charge in [-0.25, -0.2) is 4.98 Å². The van der Waals surface area contributed by atoms with Gasteiger partial charge in [0.05, 0.1) is 18.2 Å². The van der Waals surface area contributed by atoms with Crippen molar-refractivity contribution < 1.29 is 27.1 Å². The van der Waals surface area contributed by atoms with Gasteiger partial charge in [0, 0.05) is 25.1 Å². The van der Waals surface area contributed by atoms with Crippen LogP contribution in [0, 0.1) is 6.92 Å². The van der Waals surface area contributed by atoms with Crippen LogP contribution in [0.15, 0.2) is 22.6 Å². The van der Waals surface area contributed by atoms with Crippen LogP contribution in [0.4, 0.5) is 19.2 Å². The summed E-state index contributed by atoms with van der Waals surface area (Å²) in [7, 11) is 1.32. The van der Waals surface area contributed by atoms with E-state index in [0.29, 0.717) is 30.7 Å². The summed E-state index contributed by atoms with van der Waals surface area (Å²) in [5.41, 5.74) is -0.331. The molecule has 156 valence electrons. The van der Waals surface area contributed by atoms with Crippen molar-refractivity contribution in [2.45, 2.75) is 26.4 Å². The number of halogens is 3. The number of nitrogens with zero attached hydrogens (tertiary/aromatic N) is 3. The van der Waals surface area contributed by atoms with Gasteiger partial charge < -0.3 is 19.2 Å². The first kappa shape index (κ1) is 20.8. The highest BCUT2D eigenvalue weighted by Crippen LogP contribution is 2.38. The Bertz CT molecular complexity index is 989. The summed E-state index contributed by atoms with van der Waals surface area (Å²) in [5, 5.41) is 11.1. The molecule has 10 heteroatoms. The molecule has 29 heavy (non-hydrogen) atoms. The van der Waals surface area contributed by atoms with E-state index in [9.17, 15) is 13.2 Å². The smallest absolute Gasteiger partial charge is 0.418 e. The van der Waals surface area contributed by atoms with Gasteiger partial charge in [-0.15, -0.1) is 5.10 Å². The number of rotatable bonds is 8. The maximum Gasteiger partial charge on any atom is 0.418 e. The number of fused-ring (bicyclic) bond motifs is 1. The van der Waals surface area contributed by atoms with E-state index in [1.54, 1.807) is 13.0 Å². The Morgan fingerprint density at radius 2 is 1.97 bits per heavy atom. The third-order valence-electron chi connectivity index (χ3n) is 4.22. The molecule has 0 atom stereocenters. The monoisotopic (exact) mass is 410 g/mol. The fourth-order valence-corrected chi connectivity index (χ4v) is 2.82. The standard InChI is InChI=1S/C19H21F3N4O3/c1-4-28-7-5-6-23-18-26-25-17(29-18)15-8-11(2)13-9-12(27-3)10-14(16(13)24-15)19(20,21)22/h8-10H,4-7H2,1-3H3,(H,23,26). The van der Waals surface area contributed by atoms with Crippen LogP contribution in [-0.4, -0.2) is 42.0 Å². The molecule has 3 aromatic rings. The van der Waals surface area contributed by atoms with Crippen molar-refractivity contribution in [3.63, 3.8) is 0 Å². The Kier molecular flexibility index (Phi) is 6.21. The van der Waals surface area contributed by atoms with Gasteiger partial charge in [-0.2, -0.15) is 13.2 Å². The second-order valence-electron chi connectivity index (χ2n) is 6.28. The van der Waals surface area contributed by atoms with Crippen molar-refractivity contribution in [1.29, 1.82) is 0 Å². The van der Waals surface area contributed by atoms with Crippen LogP contribution in [0.25, 0.3) is 22.5 Å². The number of anilines is 1. The van der Waals surface area contributed by atoms with Crippen molar-refractivity contribution >= 4 is 16.9 Å². The number of methoxy groups -OCH3 is 1. The third kappa shape index (κ3) is 4.76. The van der Waals surface area contributed by atoms with Crippen LogP contribution in [-0.2, 0) is 10.9 Å². The highest BCUT2D eigenvalue weighted by Gasteiger charge is 2.34. The number of benzene rings is 1. The lowest BCUT2D eigenvalue weighted by atomic mass is 10.0. The minimum Gasteiger partial charge on any atom is -0.497 e. The van der Waals surface area contributed by atoms with Crippen LogP contribution in [0.5, 0.6) is 5.75 Å². The van der Waals surface area contributed by atoms with Crippen LogP contribution >= 0.6 is 0 Å². The van der Waals surface area contributed by atoms with E-state index in [2.05, 4.69) is 20.5 Å². The number of aromatic nitrogens is 3. The summed E-state index contributed by atoms with van der Waals surface area (Å²) in [5.74, 6) is 0.144. The number of alkyl halides is 3. The molecule has 0 aliphatic heterocycles. The first-order chi connectivity index (χ1) is 13.8. The average Bonchev–Trinajstić information content (AvgIpc) is 3.15. The topological polar surface area (TPSA) is 82.3 Å². The van der Waals surface area contributed by atoms with E-state index in [-0.39, 0.29) is 28.9 Å². The summed E-state index contributed by atoms with van der Waals surface area (Å²) >= 11 is 0. The van der Waals surface area contributed by atoms with E-state index >= 15 is 0 Å². The number of hydrogen-bond donors (Lipinski definition) is 1. The van der Waals surface area contributed by atoms with Crippen molar-refractivity contribution in [2.24, 2.45) is 0 Å². The van der Waals surface area contributed by atoms with Gasteiger partial charge in [-0.3, -0.25) is 0 Å². The summed E-state index contributed by atoms with van der Waals surface area (Å²) in [4.78, 5) is 4.16. The number of pyridine rings is 1. The largest absolute Gasteiger partial charge is 0.497 e. The first-order valence-corrected chi connectivity index (χ1v) is 9.05. The second-order valence-corrected chi connectivity index (χ2v) is 6.28. The molecule has 0 unspecified atom stereocenters. The Labute approximate surface area is 165 Å². The van der Waals surface area contributed by atoms with Crippen molar-refractivity contribution in [2.75, 3.05) is 32.2 Å². The maximum atomic E-state index is 13.6. The lowest BCUT2D eigenvalue weighted by molar-refractivity contribution is -0.136. The summed E-state index contributed by atoms with van der Waals surface area (Å²) in [6.07, 6.45) is -3.84. The molecule has 0 aliphatic carbocycles. The lowest BCUT2D eigenvalue weighted by Gasteiger charge is -2.14. The fourth-order valence-electron chi connectivity index (χ4n) is 2.82. The van der Waals surface area contributed by atoms with Gasteiger partial charge in [0.1, 0.15) is 11.4 Å². The Morgan fingerprint density at radius 3 is 2.66 bits per heavy atom. The molecule has 0 saturated carbocycles. The first-order valence-electron chi connectivity index (χ1n) is 9.05. The predicted molar refractivity (Wildman–Crippen MR) is 101 cm³/mol. The Hall–Kier alpha value is -2.88. The second kappa shape index (κ2) is 8.64. The van der Waals surface area contributed by atoms with E-state index in [4.69, 9.17) is 13.9 Å². The van der Waals surface area contributed by atoms with E-state index in [1.165, 1.54) is 13.2 Å². The Balaban J connectivity index is 1.93. The maximum absolute atomic E-state index is 13.6. The molecular weight excluding hydrogens is 389 g/mol. The fraction of sp³-hybridized carbons (Fsp3) is 0.421. The summed E-state index contributed by atoms with van der Waals surface area (Å²) < 4.78 is 56.4. The zero-order valence-electron chi connectivity index (χ0n) is 16.3. The molecule has 0 bridgehead atoms. The quantitative estimate of drug-likeness (QED) is 0.549. The predicted octanol–water partition coefficient (Wildman–Crippen LogP) is 4.46. The summed E-state index contributed by atoms with van der Waals surface area (Å²) in [6.45, 7) is 5.40. The molecule has 2 heterocycles. The number of ether oxygens (including phenoxy) is 2. The Morgan fingerprint density at radius 1 is 1.17 bits per heavy atom. The molecule has 0 fully saturated rings. The van der Waals surface area contributed by atoms with E-state index < -0.39 is 11.7 Å². The molecule has 7 nitrogen and oxygen atoms in total. The highest BCUT2D eigenvalue weighted by molar-refractivity contribution is 5.88. The number of hydrogen-bond acceptors (Lipinski definition) is 7. The number of aryl methyl sites for hydroxylation is 1. The zero-order chi connectivity index (χ0) is 21.0. The molecule has 1 aromatic carbocycles. The van der Waals surface area contributed by atoms with E-state index in [1.807, 2.05) is 6.92 Å². The van der Waals surface area contributed by atoms with Crippen molar-refractivity contribution in [3.8, 4) is 17.3 Å². The minimum atomic E-state index is -4.59. The highest BCUT2D eigenvalue weighted by atomic mass is 19.4. The zero-order valence-corrected chi connectivity index (χ0v) is 16.3. The van der Waals surface area contributed by atoms with Crippen LogP contribution < -0.4 is 10.1 Å². The molecule has 3 rings (SSSR count). The SMILES string of the molecule is CCOCCCNc1nnc(-c2cc(C)c3cc(OC)cc(C(F)(F)F)c3n2)o1. The van der Waals surface area contributed by atoms with Gasteiger partial charge >= 0.3 is 12.2 Å². The third-order valence-corrected chi connectivity index (χ3v) is 4.22. The molecule has 0 aliphatic rings. The molecule has 0 saturated heterocycles. The van der Waals surface area contributed by atoms with Gasteiger partial charge in [0.2, 0.25) is 0 Å². The van der Waals surface area contributed by atoms with Gasteiger partial charge in [-0.1, -0.05) is 5.10 Å². The number of nitrogens with one attached hydrogen (secondary N) is 1. The average molecular weight is 410 g/mol. The van der Waals surface area contributed by atoms with Gasteiger partial charge in [0.15, 0.2) is 0 Å². The van der Waals surface area contributed by atoms with Crippen molar-refractivity contribution in [1.82, 2.24) is 15.2 Å². The molecule has 1 N–H and O–H groups in total. The lowest BCUT2D eigenvalue weighted by Crippen LogP contribution is -2.08. The molecular formula is C19H21F3N4O3. The van der Waals surface area contributed by atoms with Gasteiger partial charge in [0.25, 0.3) is 5.89 Å². The van der Waals surface area contributed by atoms with Crippen LogP contribution in [0.1, 0.15) is 24.5 Å². The molecule has 2 aromatic heterocycles. The van der Waals surface area contributed by atoms with Crippen molar-refractivity contribution in [3.05, 3.63) is 29.3 Å². The van der Waals surface area contributed by atoms with Crippen LogP contribution in [0.2, 0.25) is 0 Å². The van der Waals surface area contributed by atoms with Gasteiger partial charge in [-0.05, 0) is 44.0 Å². The minimum absolute atomic E-state index is 0.0336. The molecule has 0 amide bonds. The molecule has 0 spiro atoms. The normalized spacial score (nSPS) is 11.8. The summed E-state index contributed by atoms with van der Waals surface area (Å²) in [6, 6.07) is 4.23.